The summed E-state index contributed by atoms with van der Waals surface area (Å²) in [5.41, 5.74) is 0.990. The second-order valence-electron chi connectivity index (χ2n) is 6.57. The lowest BCUT2D eigenvalue weighted by Crippen LogP contribution is -2.51. The summed E-state index contributed by atoms with van der Waals surface area (Å²) in [6.45, 7) is 1.83. The molecule has 0 bridgehead atoms. The molecule has 2 aromatic carbocycles. The lowest BCUT2D eigenvalue weighted by molar-refractivity contribution is -0.384. The molecule has 148 valence electrons. The highest BCUT2D eigenvalue weighted by Gasteiger charge is 2.26. The molecule has 0 aliphatic carbocycles. The second-order valence-corrected chi connectivity index (χ2v) is 6.57. The van der Waals surface area contributed by atoms with Crippen molar-refractivity contribution in [3.05, 3.63) is 64.2 Å². The van der Waals surface area contributed by atoms with Crippen molar-refractivity contribution < 1.29 is 18.5 Å². The normalized spacial score (nSPS) is 14.1. The van der Waals surface area contributed by atoms with Crippen LogP contribution in [0.25, 0.3) is 0 Å². The molecule has 7 nitrogen and oxygen atoms in total. The molecule has 1 amide bonds. The van der Waals surface area contributed by atoms with Gasteiger partial charge in [0.2, 0.25) is 5.91 Å². The number of carbonyl (C=O) groups is 1. The number of nitro groups is 1. The van der Waals surface area contributed by atoms with Crippen LogP contribution >= 0.6 is 0 Å². The molecule has 28 heavy (non-hydrogen) atoms. The largest absolute Gasteiger partial charge is 0.365 e. The fourth-order valence-corrected chi connectivity index (χ4v) is 3.20. The van der Waals surface area contributed by atoms with Crippen LogP contribution in [0, 0.1) is 21.7 Å². The fourth-order valence-electron chi connectivity index (χ4n) is 3.20. The summed E-state index contributed by atoms with van der Waals surface area (Å²) >= 11 is 0. The standard InChI is InChI=1S/C19H20F2N4O3/c1-22(14-6-7-15(20)16(21)12-14)13-19(26)24-10-8-23(9-11-24)17-4-2-3-5-18(17)25(27)28/h2-7,12H,8-11,13H2,1H3. The van der Waals surface area contributed by atoms with Gasteiger partial charge in [0.25, 0.3) is 5.69 Å². The highest BCUT2D eigenvalue weighted by Crippen LogP contribution is 2.28. The van der Waals surface area contributed by atoms with Crippen LogP contribution in [-0.2, 0) is 4.79 Å². The quantitative estimate of drug-likeness (QED) is 0.580. The predicted octanol–water partition coefficient (Wildman–Crippen LogP) is 2.66. The summed E-state index contributed by atoms with van der Waals surface area (Å²) in [6.07, 6.45) is 0. The van der Waals surface area contributed by atoms with Crippen LogP contribution in [0.15, 0.2) is 42.5 Å². The monoisotopic (exact) mass is 390 g/mol. The van der Waals surface area contributed by atoms with E-state index in [1.165, 1.54) is 12.1 Å². The van der Waals surface area contributed by atoms with Gasteiger partial charge in [-0.3, -0.25) is 14.9 Å². The van der Waals surface area contributed by atoms with Crippen LogP contribution in [0.3, 0.4) is 0 Å². The Morgan fingerprint density at radius 3 is 2.43 bits per heavy atom. The number of para-hydroxylation sites is 2. The number of carbonyl (C=O) groups excluding carboxylic acids is 1. The zero-order valence-electron chi connectivity index (χ0n) is 15.3. The topological polar surface area (TPSA) is 69.9 Å². The van der Waals surface area contributed by atoms with Crippen molar-refractivity contribution in [1.29, 1.82) is 0 Å². The van der Waals surface area contributed by atoms with Gasteiger partial charge in [0, 0.05) is 51.0 Å². The average Bonchev–Trinajstić information content (AvgIpc) is 2.70. The summed E-state index contributed by atoms with van der Waals surface area (Å²) < 4.78 is 26.4. The van der Waals surface area contributed by atoms with E-state index in [-0.39, 0.29) is 18.1 Å². The Labute approximate surface area is 160 Å². The highest BCUT2D eigenvalue weighted by atomic mass is 19.2. The highest BCUT2D eigenvalue weighted by molar-refractivity contribution is 5.81. The number of benzene rings is 2. The molecule has 1 heterocycles. The average molecular weight is 390 g/mol. The number of nitrogens with zero attached hydrogens (tertiary/aromatic N) is 4. The summed E-state index contributed by atoms with van der Waals surface area (Å²) in [6, 6.07) is 10.0. The summed E-state index contributed by atoms with van der Waals surface area (Å²) in [5.74, 6) is -2.04. The maximum Gasteiger partial charge on any atom is 0.292 e. The third-order valence-electron chi connectivity index (χ3n) is 4.77. The SMILES string of the molecule is CN(CC(=O)N1CCN(c2ccccc2[N+](=O)[O-])CC1)c1ccc(F)c(F)c1. The maximum atomic E-state index is 13.4. The fraction of sp³-hybridized carbons (Fsp3) is 0.316. The molecule has 1 fully saturated rings. The Bertz CT molecular complexity index is 885. The molecule has 0 N–H and O–H groups in total. The minimum Gasteiger partial charge on any atom is -0.365 e. The number of amides is 1. The van der Waals surface area contributed by atoms with Gasteiger partial charge in [-0.15, -0.1) is 0 Å². The van der Waals surface area contributed by atoms with Crippen LogP contribution in [0.1, 0.15) is 0 Å². The van der Waals surface area contributed by atoms with E-state index < -0.39 is 16.6 Å². The summed E-state index contributed by atoms with van der Waals surface area (Å²) in [5, 5.41) is 11.2. The van der Waals surface area contributed by atoms with Crippen molar-refractivity contribution in [2.75, 3.05) is 49.6 Å². The van der Waals surface area contributed by atoms with Crippen LogP contribution in [0.4, 0.5) is 25.8 Å². The van der Waals surface area contributed by atoms with Gasteiger partial charge >= 0.3 is 0 Å². The predicted molar refractivity (Wildman–Crippen MR) is 102 cm³/mol. The van der Waals surface area contributed by atoms with E-state index in [1.807, 2.05) is 4.90 Å². The molecular weight excluding hydrogens is 370 g/mol. The van der Waals surface area contributed by atoms with E-state index >= 15 is 0 Å². The minimum atomic E-state index is -0.963. The lowest BCUT2D eigenvalue weighted by atomic mass is 10.2. The smallest absolute Gasteiger partial charge is 0.292 e. The minimum absolute atomic E-state index is 0.0244. The number of piperazine rings is 1. The number of nitro benzene ring substituents is 1. The van der Waals surface area contributed by atoms with Crippen molar-refractivity contribution in [2.45, 2.75) is 0 Å². The summed E-state index contributed by atoms with van der Waals surface area (Å²) in [7, 11) is 1.63. The van der Waals surface area contributed by atoms with Gasteiger partial charge < -0.3 is 14.7 Å². The molecule has 0 spiro atoms. The second kappa shape index (κ2) is 8.20. The molecule has 0 saturated carbocycles. The van der Waals surface area contributed by atoms with Gasteiger partial charge in [-0.05, 0) is 18.2 Å². The molecular formula is C19H20F2N4O3. The Balaban J connectivity index is 1.59. The summed E-state index contributed by atoms with van der Waals surface area (Å²) in [4.78, 5) is 28.4. The molecule has 1 aliphatic rings. The van der Waals surface area contributed by atoms with Gasteiger partial charge in [-0.2, -0.15) is 0 Å². The van der Waals surface area contributed by atoms with E-state index in [2.05, 4.69) is 0 Å². The van der Waals surface area contributed by atoms with E-state index in [1.54, 1.807) is 35.0 Å². The first-order chi connectivity index (χ1) is 13.4. The van der Waals surface area contributed by atoms with E-state index in [9.17, 15) is 23.7 Å². The van der Waals surface area contributed by atoms with Gasteiger partial charge in [0.15, 0.2) is 11.6 Å². The first kappa shape index (κ1) is 19.5. The van der Waals surface area contributed by atoms with Gasteiger partial charge in [0.05, 0.1) is 11.5 Å². The Hall–Kier alpha value is -3.23. The number of anilines is 2. The molecule has 0 atom stereocenters. The molecule has 0 unspecified atom stereocenters. The van der Waals surface area contributed by atoms with E-state index in [0.717, 1.165) is 12.1 Å². The Morgan fingerprint density at radius 2 is 1.79 bits per heavy atom. The number of hydrogen-bond donors (Lipinski definition) is 0. The van der Waals surface area contributed by atoms with Gasteiger partial charge in [0.1, 0.15) is 5.69 Å². The van der Waals surface area contributed by atoms with Crippen molar-refractivity contribution >= 4 is 23.0 Å². The van der Waals surface area contributed by atoms with Crippen molar-refractivity contribution in [3.8, 4) is 0 Å². The number of rotatable bonds is 5. The maximum absolute atomic E-state index is 13.4. The molecule has 3 rings (SSSR count). The lowest BCUT2D eigenvalue weighted by Gasteiger charge is -2.36. The van der Waals surface area contributed by atoms with Gasteiger partial charge in [-0.25, -0.2) is 8.78 Å². The molecule has 2 aromatic rings. The van der Waals surface area contributed by atoms with Crippen LogP contribution in [0.2, 0.25) is 0 Å². The molecule has 0 radical (unpaired) electrons. The third-order valence-corrected chi connectivity index (χ3v) is 4.77. The van der Waals surface area contributed by atoms with Crippen LogP contribution in [-0.4, -0.2) is 55.5 Å². The number of halogens is 2. The number of hydrogen-bond acceptors (Lipinski definition) is 5. The van der Waals surface area contributed by atoms with Crippen LogP contribution in [0.5, 0.6) is 0 Å². The van der Waals surface area contributed by atoms with Crippen LogP contribution < -0.4 is 9.80 Å². The van der Waals surface area contributed by atoms with E-state index in [4.69, 9.17) is 0 Å². The first-order valence-corrected chi connectivity index (χ1v) is 8.79. The van der Waals surface area contributed by atoms with Crippen molar-refractivity contribution in [1.82, 2.24) is 4.90 Å². The van der Waals surface area contributed by atoms with Crippen molar-refractivity contribution in [3.63, 3.8) is 0 Å². The zero-order chi connectivity index (χ0) is 20.3. The zero-order valence-corrected chi connectivity index (χ0v) is 15.3. The van der Waals surface area contributed by atoms with Gasteiger partial charge in [-0.1, -0.05) is 12.1 Å². The number of likely N-dealkylation sites (N-methyl/N-ethyl adjacent to an activating group) is 1. The molecule has 1 aliphatic heterocycles. The molecule has 0 aromatic heterocycles. The van der Waals surface area contributed by atoms with E-state index in [0.29, 0.717) is 37.6 Å². The third kappa shape index (κ3) is 4.19. The molecule has 9 heteroatoms. The Morgan fingerprint density at radius 1 is 1.11 bits per heavy atom. The molecule has 1 saturated heterocycles. The Kier molecular flexibility index (Phi) is 5.72. The first-order valence-electron chi connectivity index (χ1n) is 8.79. The van der Waals surface area contributed by atoms with Crippen molar-refractivity contribution in [2.24, 2.45) is 0 Å².